The molecule has 12 heteroatoms. The number of pyridine rings is 1. The normalized spacial score (nSPS) is 20.0. The second-order valence-electron chi connectivity index (χ2n) is 11.3. The third-order valence-electron chi connectivity index (χ3n) is 8.92. The number of fused-ring (bicyclic) bond motifs is 4. The van der Waals surface area contributed by atoms with Crippen molar-refractivity contribution in [3.8, 4) is 17.3 Å². The van der Waals surface area contributed by atoms with Gasteiger partial charge < -0.3 is 20.3 Å². The zero-order valence-electron chi connectivity index (χ0n) is 23.0. The quantitative estimate of drug-likeness (QED) is 0.381. The van der Waals surface area contributed by atoms with Crippen molar-refractivity contribution in [2.45, 2.75) is 44.6 Å². The summed E-state index contributed by atoms with van der Waals surface area (Å²) >= 11 is 0.962. The predicted molar refractivity (Wildman–Crippen MR) is 155 cm³/mol. The minimum Gasteiger partial charge on any atom is -0.389 e. The molecule has 1 aromatic carbocycles. The van der Waals surface area contributed by atoms with Crippen molar-refractivity contribution >= 4 is 43.3 Å². The molecular formula is C29H30F2N8OS. The van der Waals surface area contributed by atoms with Gasteiger partial charge in [0, 0.05) is 47.7 Å². The fourth-order valence-corrected chi connectivity index (χ4v) is 7.60. The van der Waals surface area contributed by atoms with E-state index in [0.717, 1.165) is 68.5 Å². The molecule has 3 aromatic heterocycles. The molecule has 0 amide bonds. The highest BCUT2D eigenvalue weighted by atomic mass is 32.1. The number of thiophene rings is 1. The van der Waals surface area contributed by atoms with E-state index < -0.39 is 11.6 Å². The van der Waals surface area contributed by atoms with Crippen molar-refractivity contribution in [2.75, 3.05) is 50.9 Å². The van der Waals surface area contributed by atoms with Gasteiger partial charge in [-0.3, -0.25) is 9.88 Å². The molecule has 212 valence electrons. The van der Waals surface area contributed by atoms with E-state index in [0.29, 0.717) is 29.0 Å². The maximum absolute atomic E-state index is 16.6. The average molecular weight is 577 g/mol. The second kappa shape index (κ2) is 10.1. The molecule has 2 saturated heterocycles. The summed E-state index contributed by atoms with van der Waals surface area (Å²) in [6.07, 6.45) is 6.06. The fraction of sp³-hybridized carbons (Fsp3) is 0.448. The number of nitriles is 1. The van der Waals surface area contributed by atoms with E-state index in [9.17, 15) is 9.65 Å². The van der Waals surface area contributed by atoms with E-state index in [2.05, 4.69) is 44.8 Å². The number of aromatic nitrogens is 3. The number of nitrogen functional groups attached to an aromatic ring is 1. The van der Waals surface area contributed by atoms with Gasteiger partial charge in [0.15, 0.2) is 11.6 Å². The van der Waals surface area contributed by atoms with Crippen LogP contribution in [0.2, 0.25) is 0 Å². The minimum absolute atomic E-state index is 0.0975. The highest BCUT2D eigenvalue weighted by molar-refractivity contribution is 7.23. The third kappa shape index (κ3) is 4.22. The van der Waals surface area contributed by atoms with Gasteiger partial charge in [-0.15, -0.1) is 11.3 Å². The summed E-state index contributed by atoms with van der Waals surface area (Å²) in [6.45, 7) is 4.17. The maximum atomic E-state index is 16.6. The summed E-state index contributed by atoms with van der Waals surface area (Å²) in [5, 5.41) is 10.8. The average Bonchev–Trinajstić information content (AvgIpc) is 3.73. The van der Waals surface area contributed by atoms with E-state index in [1.165, 1.54) is 0 Å². The van der Waals surface area contributed by atoms with Gasteiger partial charge in [0.05, 0.1) is 35.4 Å². The molecule has 0 bridgehead atoms. The molecule has 1 atom stereocenters. The number of benzene rings is 1. The zero-order valence-corrected chi connectivity index (χ0v) is 23.8. The van der Waals surface area contributed by atoms with Crippen molar-refractivity contribution in [3.05, 3.63) is 40.7 Å². The SMILES string of the molecule is CN(C)C1CCN([C@@H]2CCN(c3ncc4c5c(c(-c6ncc(F)c7sc(N)c(C#N)c67)c(F)c4n3)COC5)C2)CC1. The number of halogens is 2. The molecule has 0 saturated carbocycles. The first-order valence-corrected chi connectivity index (χ1v) is 14.7. The standard InChI is InChI=1S/C29H30F2N8OS/c1-37(2)15-3-6-38(7-4-15)16-5-8-39(12-16)29-35-10-18-19-13-40-14-20(19)22(24(31)25(18)36-29)26-23-17(9-32)28(33)41-27(23)21(30)11-34-26/h10-11,15-16H,3-8,12-14,33H2,1-2H3/t16-/m1/s1. The third-order valence-corrected chi connectivity index (χ3v) is 9.95. The number of ether oxygens (including phenoxy) is 1. The van der Waals surface area contributed by atoms with Gasteiger partial charge in [0.25, 0.3) is 0 Å². The summed E-state index contributed by atoms with van der Waals surface area (Å²) in [7, 11) is 4.29. The van der Waals surface area contributed by atoms with Crippen LogP contribution >= 0.6 is 11.3 Å². The Morgan fingerprint density at radius 2 is 1.88 bits per heavy atom. The summed E-state index contributed by atoms with van der Waals surface area (Å²) in [6, 6.07) is 3.09. The van der Waals surface area contributed by atoms with Gasteiger partial charge in [-0.25, -0.2) is 18.7 Å². The van der Waals surface area contributed by atoms with Crippen LogP contribution in [0.25, 0.3) is 32.2 Å². The van der Waals surface area contributed by atoms with Gasteiger partial charge in [-0.05, 0) is 57.6 Å². The van der Waals surface area contributed by atoms with Crippen molar-refractivity contribution in [3.63, 3.8) is 0 Å². The predicted octanol–water partition coefficient (Wildman–Crippen LogP) is 4.27. The Morgan fingerprint density at radius 1 is 1.10 bits per heavy atom. The molecule has 6 heterocycles. The molecule has 0 spiro atoms. The number of nitrogens with zero attached hydrogens (tertiary/aromatic N) is 7. The van der Waals surface area contributed by atoms with Crippen molar-refractivity contribution in [1.29, 1.82) is 5.26 Å². The van der Waals surface area contributed by atoms with Gasteiger partial charge in [-0.1, -0.05) is 0 Å². The van der Waals surface area contributed by atoms with E-state index >= 15 is 4.39 Å². The number of likely N-dealkylation sites (tertiary alicyclic amines) is 1. The van der Waals surface area contributed by atoms with Crippen molar-refractivity contribution in [2.24, 2.45) is 0 Å². The van der Waals surface area contributed by atoms with Gasteiger partial charge in [-0.2, -0.15) is 5.26 Å². The first-order valence-electron chi connectivity index (χ1n) is 13.9. The summed E-state index contributed by atoms with van der Waals surface area (Å²) in [5.74, 6) is -0.694. The van der Waals surface area contributed by atoms with E-state index in [-0.39, 0.29) is 50.6 Å². The highest BCUT2D eigenvalue weighted by Crippen LogP contribution is 2.45. The second-order valence-corrected chi connectivity index (χ2v) is 12.4. The Balaban J connectivity index is 1.28. The first kappa shape index (κ1) is 26.4. The van der Waals surface area contributed by atoms with Gasteiger partial charge in [0.2, 0.25) is 5.95 Å². The van der Waals surface area contributed by atoms with Crippen LogP contribution < -0.4 is 10.6 Å². The molecule has 0 aliphatic carbocycles. The molecule has 0 unspecified atom stereocenters. The topological polar surface area (TPSA) is 107 Å². The lowest BCUT2D eigenvalue weighted by atomic mass is 9.94. The van der Waals surface area contributed by atoms with Crippen LogP contribution in [0.1, 0.15) is 36.0 Å². The Kier molecular flexibility index (Phi) is 6.50. The van der Waals surface area contributed by atoms with Gasteiger partial charge in [0.1, 0.15) is 16.6 Å². The Morgan fingerprint density at radius 3 is 2.63 bits per heavy atom. The smallest absolute Gasteiger partial charge is 0.226 e. The summed E-state index contributed by atoms with van der Waals surface area (Å²) in [5.41, 5.74) is 8.07. The van der Waals surface area contributed by atoms with E-state index in [1.54, 1.807) is 6.20 Å². The lowest BCUT2D eigenvalue weighted by molar-refractivity contribution is 0.115. The van der Waals surface area contributed by atoms with Crippen molar-refractivity contribution < 1.29 is 13.5 Å². The largest absolute Gasteiger partial charge is 0.389 e. The van der Waals surface area contributed by atoms with Crippen LogP contribution in [-0.4, -0.2) is 77.1 Å². The van der Waals surface area contributed by atoms with Crippen LogP contribution in [0.3, 0.4) is 0 Å². The fourth-order valence-electron chi connectivity index (χ4n) is 6.68. The molecule has 41 heavy (non-hydrogen) atoms. The molecular weight excluding hydrogens is 546 g/mol. The molecule has 2 N–H and O–H groups in total. The highest BCUT2D eigenvalue weighted by Gasteiger charge is 2.34. The van der Waals surface area contributed by atoms with Crippen LogP contribution in [0.15, 0.2) is 12.4 Å². The lowest BCUT2D eigenvalue weighted by Crippen LogP contribution is -2.47. The number of rotatable bonds is 4. The number of anilines is 2. The molecule has 3 aliphatic rings. The van der Waals surface area contributed by atoms with Crippen molar-refractivity contribution in [1.82, 2.24) is 24.8 Å². The van der Waals surface area contributed by atoms with Crippen LogP contribution in [0.4, 0.5) is 19.7 Å². The molecule has 2 fully saturated rings. The molecule has 7 rings (SSSR count). The zero-order chi connectivity index (χ0) is 28.4. The summed E-state index contributed by atoms with van der Waals surface area (Å²) in [4.78, 5) is 20.7. The minimum atomic E-state index is -0.602. The number of hydrogen-bond acceptors (Lipinski definition) is 10. The molecule has 3 aliphatic heterocycles. The Bertz CT molecular complexity index is 1730. The summed E-state index contributed by atoms with van der Waals surface area (Å²) < 4.78 is 37.2. The van der Waals surface area contributed by atoms with Gasteiger partial charge >= 0.3 is 0 Å². The van der Waals surface area contributed by atoms with Crippen LogP contribution in [0.5, 0.6) is 0 Å². The number of piperidine rings is 1. The van der Waals surface area contributed by atoms with Crippen LogP contribution in [-0.2, 0) is 18.0 Å². The van der Waals surface area contributed by atoms with E-state index in [4.69, 9.17) is 15.5 Å². The number of nitrogens with two attached hydrogens (primary N) is 1. The lowest BCUT2D eigenvalue weighted by Gasteiger charge is -2.38. The molecule has 4 aromatic rings. The Labute approximate surface area is 240 Å². The number of hydrogen-bond donors (Lipinski definition) is 1. The Hall–Kier alpha value is -3.50. The first-order chi connectivity index (χ1) is 19.9. The monoisotopic (exact) mass is 576 g/mol. The maximum Gasteiger partial charge on any atom is 0.226 e. The molecule has 9 nitrogen and oxygen atoms in total. The van der Waals surface area contributed by atoms with E-state index in [1.807, 2.05) is 0 Å². The molecule has 0 radical (unpaired) electrons. The van der Waals surface area contributed by atoms with Crippen LogP contribution in [0, 0.1) is 23.0 Å².